The second-order valence-electron chi connectivity index (χ2n) is 19.5. The van der Waals surface area contributed by atoms with E-state index in [2.05, 4.69) is 113 Å². The van der Waals surface area contributed by atoms with Gasteiger partial charge < -0.3 is 18.3 Å². The van der Waals surface area contributed by atoms with E-state index in [1.807, 2.05) is 0 Å². The van der Waals surface area contributed by atoms with Crippen LogP contribution in [0.5, 0.6) is 0 Å². The van der Waals surface area contributed by atoms with Crippen LogP contribution in [0.2, 0.25) is 36.3 Å². The molecule has 6 heteroatoms. The van der Waals surface area contributed by atoms with Crippen molar-refractivity contribution in [1.29, 1.82) is 0 Å². The second-order valence-corrected chi connectivity index (χ2v) is 29.1. The summed E-state index contributed by atoms with van der Waals surface area (Å²) in [6, 6.07) is 0. The van der Waals surface area contributed by atoms with Crippen LogP contribution in [0.4, 0.5) is 0 Å². The lowest BCUT2D eigenvalue weighted by Crippen LogP contribution is -2.49. The van der Waals surface area contributed by atoms with Crippen molar-refractivity contribution in [3.05, 3.63) is 47.6 Å². The molecular weight excluding hydrogens is 613 g/mol. The van der Waals surface area contributed by atoms with Crippen molar-refractivity contribution >= 4 is 16.6 Å². The van der Waals surface area contributed by atoms with Gasteiger partial charge in [-0.15, -0.1) is 0 Å². The SMILES string of the molecule is C=C1/C(=C\C=C2/CCC[C@@]3(C)[C@H]2CC[C@@]32C[C@@H]2/C=C\CC(C)(C)OCOC)C[C@@H](O[Si](C)(C)C(C)(C)C)C[C@@H]1O[Si](C)(C)C(C)(C)C. The molecule has 0 N–H and O–H groups in total. The Kier molecular flexibility index (Phi) is 11.4. The van der Waals surface area contributed by atoms with Crippen LogP contribution in [0.25, 0.3) is 0 Å². The molecule has 0 bridgehead atoms. The molecule has 4 aliphatic carbocycles. The van der Waals surface area contributed by atoms with Crippen LogP contribution in [0.1, 0.15) is 120 Å². The van der Waals surface area contributed by atoms with Gasteiger partial charge in [0.2, 0.25) is 0 Å². The van der Waals surface area contributed by atoms with E-state index in [9.17, 15) is 0 Å². The van der Waals surface area contributed by atoms with Crippen molar-refractivity contribution in [3.8, 4) is 0 Å². The first-order valence-corrected chi connectivity index (χ1v) is 24.5. The number of hydrogen-bond acceptors (Lipinski definition) is 4. The standard InChI is InChI=1S/C41H72O4Si2/c1-30-32(26-34(44-46(12,13)37(2,3)4)27-36(30)45-47(14,15)38(5,6)7)21-20-31-18-16-24-40(10)35(31)22-25-41(40)28-33(41)19-17-23-39(8,9)43-29-42-11/h17,19-21,33-36H,1,16,18,22-29H2,2-15H3/b19-17-,31-20+,32-21-/t33-,34+,35-,36-,40-,41-/m0/s1. The number of allylic oxidation sites excluding steroid dienone is 4. The normalized spacial score (nSPS) is 34.2. The maximum Gasteiger partial charge on any atom is 0.192 e. The second kappa shape index (κ2) is 13.7. The van der Waals surface area contributed by atoms with E-state index in [1.165, 1.54) is 49.7 Å². The third-order valence-electron chi connectivity index (χ3n) is 13.8. The minimum atomic E-state index is -1.98. The fourth-order valence-corrected chi connectivity index (χ4v) is 11.2. The van der Waals surface area contributed by atoms with Crippen LogP contribution in [-0.2, 0) is 18.3 Å². The molecule has 4 nitrogen and oxygen atoms in total. The first kappa shape index (κ1) is 39.0. The summed E-state index contributed by atoms with van der Waals surface area (Å²) in [5, 5.41) is 0.332. The third-order valence-corrected chi connectivity index (χ3v) is 22.8. The quantitative estimate of drug-likeness (QED) is 0.123. The minimum Gasteiger partial charge on any atom is -0.413 e. The van der Waals surface area contributed by atoms with Gasteiger partial charge in [-0.3, -0.25) is 0 Å². The van der Waals surface area contributed by atoms with Crippen LogP contribution in [0.3, 0.4) is 0 Å². The summed E-state index contributed by atoms with van der Waals surface area (Å²) in [5.74, 6) is 1.39. The van der Waals surface area contributed by atoms with Crippen molar-refractivity contribution in [2.75, 3.05) is 13.9 Å². The lowest BCUT2D eigenvalue weighted by molar-refractivity contribution is -0.112. The largest absolute Gasteiger partial charge is 0.413 e. The number of ether oxygens (including phenoxy) is 2. The Morgan fingerprint density at radius 2 is 1.55 bits per heavy atom. The number of rotatable bonds is 11. The smallest absolute Gasteiger partial charge is 0.192 e. The van der Waals surface area contributed by atoms with Gasteiger partial charge in [-0.05, 0) is 135 Å². The monoisotopic (exact) mass is 684 g/mol. The van der Waals surface area contributed by atoms with Gasteiger partial charge in [-0.1, -0.05) is 84.9 Å². The third kappa shape index (κ3) is 8.25. The molecule has 1 spiro atoms. The Labute approximate surface area is 292 Å². The van der Waals surface area contributed by atoms with Gasteiger partial charge in [0.25, 0.3) is 0 Å². The highest BCUT2D eigenvalue weighted by atomic mass is 28.4. The fourth-order valence-electron chi connectivity index (χ4n) is 8.49. The molecule has 4 saturated carbocycles. The molecule has 0 aliphatic heterocycles. The molecule has 0 heterocycles. The fraction of sp³-hybridized carbons (Fsp3) is 0.805. The van der Waals surface area contributed by atoms with Crippen LogP contribution in [0.15, 0.2) is 47.6 Å². The Hall–Kier alpha value is -0.766. The summed E-state index contributed by atoms with van der Waals surface area (Å²) >= 11 is 0. The number of fused-ring (bicyclic) bond motifs is 2. The van der Waals surface area contributed by atoms with Gasteiger partial charge in [0, 0.05) is 13.5 Å². The minimum absolute atomic E-state index is 0.0271. The average molecular weight is 685 g/mol. The maximum absolute atomic E-state index is 7.11. The molecule has 0 aromatic carbocycles. The Bertz CT molecular complexity index is 1230. The molecule has 4 aliphatic rings. The van der Waals surface area contributed by atoms with Crippen LogP contribution in [-0.4, -0.2) is 48.3 Å². The Morgan fingerprint density at radius 1 is 0.915 bits per heavy atom. The predicted octanol–water partition coefficient (Wildman–Crippen LogP) is 11.9. The zero-order valence-corrected chi connectivity index (χ0v) is 35.0. The summed E-state index contributed by atoms with van der Waals surface area (Å²) in [7, 11) is -2.22. The summed E-state index contributed by atoms with van der Waals surface area (Å²) < 4.78 is 25.2. The average Bonchev–Trinajstić information content (AvgIpc) is 3.56. The van der Waals surface area contributed by atoms with Gasteiger partial charge in [0.15, 0.2) is 16.6 Å². The topological polar surface area (TPSA) is 36.9 Å². The molecule has 0 aromatic rings. The summed E-state index contributed by atoms with van der Waals surface area (Å²) in [5.41, 5.74) is 4.87. The summed E-state index contributed by atoms with van der Waals surface area (Å²) in [6.07, 6.45) is 20.8. The first-order chi connectivity index (χ1) is 21.5. The van der Waals surface area contributed by atoms with Gasteiger partial charge >= 0.3 is 0 Å². The van der Waals surface area contributed by atoms with E-state index in [0.717, 1.165) is 19.3 Å². The lowest BCUT2D eigenvalue weighted by Gasteiger charge is -2.45. The van der Waals surface area contributed by atoms with E-state index in [0.29, 0.717) is 29.5 Å². The van der Waals surface area contributed by atoms with Gasteiger partial charge in [0.05, 0.1) is 17.8 Å². The van der Waals surface area contributed by atoms with E-state index in [-0.39, 0.29) is 27.9 Å². The highest BCUT2D eigenvalue weighted by molar-refractivity contribution is 6.74. The van der Waals surface area contributed by atoms with Crippen molar-refractivity contribution in [3.63, 3.8) is 0 Å². The molecule has 47 heavy (non-hydrogen) atoms. The van der Waals surface area contributed by atoms with Crippen LogP contribution >= 0.6 is 0 Å². The molecule has 0 saturated heterocycles. The summed E-state index contributed by atoms with van der Waals surface area (Å²) in [6.45, 7) is 35.6. The van der Waals surface area contributed by atoms with Gasteiger partial charge in [0.1, 0.15) is 6.79 Å². The molecule has 0 amide bonds. The van der Waals surface area contributed by atoms with Crippen molar-refractivity contribution in [1.82, 2.24) is 0 Å². The van der Waals surface area contributed by atoms with E-state index in [4.69, 9.17) is 24.9 Å². The molecule has 268 valence electrons. The molecule has 0 radical (unpaired) electrons. The van der Waals surface area contributed by atoms with Crippen molar-refractivity contribution in [2.45, 2.75) is 174 Å². The van der Waals surface area contributed by atoms with Crippen molar-refractivity contribution < 1.29 is 18.3 Å². The van der Waals surface area contributed by atoms with Crippen LogP contribution in [0, 0.1) is 22.7 Å². The van der Waals surface area contributed by atoms with Gasteiger partial charge in [-0.25, -0.2) is 0 Å². The van der Waals surface area contributed by atoms with E-state index < -0.39 is 16.6 Å². The molecule has 0 unspecified atom stereocenters. The van der Waals surface area contributed by atoms with Crippen LogP contribution < -0.4 is 0 Å². The lowest BCUT2D eigenvalue weighted by atomic mass is 9.61. The molecule has 4 rings (SSSR count). The number of hydrogen-bond donors (Lipinski definition) is 0. The molecular formula is C41H72O4Si2. The van der Waals surface area contributed by atoms with Gasteiger partial charge in [-0.2, -0.15) is 0 Å². The zero-order chi connectivity index (χ0) is 35.3. The predicted molar refractivity (Wildman–Crippen MR) is 205 cm³/mol. The zero-order valence-electron chi connectivity index (χ0n) is 33.0. The molecule has 0 aromatic heterocycles. The Balaban J connectivity index is 1.55. The molecule has 6 atom stereocenters. The Morgan fingerprint density at radius 3 is 2.17 bits per heavy atom. The first-order valence-electron chi connectivity index (χ1n) is 18.7. The highest BCUT2D eigenvalue weighted by Gasteiger charge is 2.69. The van der Waals surface area contributed by atoms with E-state index in [1.54, 1.807) is 12.7 Å². The van der Waals surface area contributed by atoms with Crippen molar-refractivity contribution in [2.24, 2.45) is 22.7 Å². The van der Waals surface area contributed by atoms with E-state index >= 15 is 0 Å². The highest BCUT2D eigenvalue weighted by Crippen LogP contribution is 2.77. The molecule has 4 fully saturated rings. The summed E-state index contributed by atoms with van der Waals surface area (Å²) in [4.78, 5) is 0. The number of methoxy groups -OCH3 is 1. The maximum atomic E-state index is 7.11.